The fraction of sp³-hybridized carbons (Fsp3) is 0.947. The molecule has 0 aromatic heterocycles. The van der Waals surface area contributed by atoms with E-state index in [1.807, 2.05) is 0 Å². The Labute approximate surface area is 280 Å². The van der Waals surface area contributed by atoms with Crippen molar-refractivity contribution >= 4 is 11.9 Å². The molecule has 46 heavy (non-hydrogen) atoms. The van der Waals surface area contributed by atoms with Crippen LogP contribution in [0.5, 0.6) is 0 Å². The van der Waals surface area contributed by atoms with Crippen LogP contribution in [0.2, 0.25) is 0 Å². The van der Waals surface area contributed by atoms with Crippen LogP contribution in [0.15, 0.2) is 0 Å². The summed E-state index contributed by atoms with van der Waals surface area (Å²) in [4.78, 5) is 26.8. The number of carbonyl (C=O) groups is 2. The molecule has 0 aromatic rings. The first-order valence-corrected chi connectivity index (χ1v) is 18.9. The molecular formula is C38H69N3O5. The van der Waals surface area contributed by atoms with E-state index in [2.05, 4.69) is 52.2 Å². The molecule has 8 nitrogen and oxygen atoms in total. The van der Waals surface area contributed by atoms with Gasteiger partial charge in [-0.2, -0.15) is 0 Å². The molecule has 266 valence electrons. The molecule has 8 heteroatoms. The Balaban J connectivity index is 1.61. The maximum atomic E-state index is 14.2. The summed E-state index contributed by atoms with van der Waals surface area (Å²) in [5.74, 6) is 0.771. The summed E-state index contributed by atoms with van der Waals surface area (Å²) < 4.78 is 6.20. The zero-order chi connectivity index (χ0) is 33.9. The second-order valence-electron chi connectivity index (χ2n) is 17.1. The summed E-state index contributed by atoms with van der Waals surface area (Å²) in [6, 6.07) is 0. The van der Waals surface area contributed by atoms with Gasteiger partial charge in [0.15, 0.2) is 0 Å². The van der Waals surface area contributed by atoms with Gasteiger partial charge in [-0.05, 0) is 130 Å². The van der Waals surface area contributed by atoms with Gasteiger partial charge in [0.2, 0.25) is 5.91 Å². The summed E-state index contributed by atoms with van der Waals surface area (Å²) in [7, 11) is 0. The lowest BCUT2D eigenvalue weighted by molar-refractivity contribution is -0.239. The van der Waals surface area contributed by atoms with E-state index in [1.165, 1.54) is 6.92 Å². The summed E-state index contributed by atoms with van der Waals surface area (Å²) in [6.45, 7) is 18.5. The Morgan fingerprint density at radius 2 is 1.61 bits per heavy atom. The second kappa shape index (κ2) is 15.6. The predicted octanol–water partition coefficient (Wildman–Crippen LogP) is 5.43. The minimum Gasteiger partial charge on any atom is -0.462 e. The van der Waals surface area contributed by atoms with Crippen LogP contribution in [-0.2, 0) is 14.3 Å². The molecule has 6 N–H and O–H groups in total. The summed E-state index contributed by atoms with van der Waals surface area (Å²) >= 11 is 0. The molecular weight excluding hydrogens is 578 g/mol. The van der Waals surface area contributed by atoms with Gasteiger partial charge in [-0.25, -0.2) is 0 Å². The molecule has 4 fully saturated rings. The summed E-state index contributed by atoms with van der Waals surface area (Å²) in [6.07, 6.45) is 9.68. The maximum Gasteiger partial charge on any atom is 0.302 e. The molecule has 0 bridgehead atoms. The molecule has 4 aliphatic carbocycles. The van der Waals surface area contributed by atoms with E-state index < -0.39 is 6.10 Å². The summed E-state index contributed by atoms with van der Waals surface area (Å²) in [5.41, 5.74) is 5.20. The number of rotatable bonds is 15. The van der Waals surface area contributed by atoms with Crippen molar-refractivity contribution in [1.29, 1.82) is 0 Å². The van der Waals surface area contributed by atoms with Crippen LogP contribution < -0.4 is 16.4 Å². The number of aliphatic hydroxyl groups is 2. The Kier molecular flexibility index (Phi) is 12.7. The van der Waals surface area contributed by atoms with E-state index in [9.17, 15) is 19.8 Å². The van der Waals surface area contributed by atoms with E-state index in [0.717, 1.165) is 83.7 Å². The van der Waals surface area contributed by atoms with E-state index in [4.69, 9.17) is 10.5 Å². The third kappa shape index (κ3) is 7.35. The third-order valence-electron chi connectivity index (χ3n) is 14.0. The van der Waals surface area contributed by atoms with Crippen molar-refractivity contribution in [2.24, 2.45) is 63.4 Å². The van der Waals surface area contributed by atoms with Gasteiger partial charge in [-0.1, -0.05) is 54.4 Å². The molecule has 1 amide bonds. The topological polar surface area (TPSA) is 134 Å². The van der Waals surface area contributed by atoms with Crippen LogP contribution in [0.1, 0.15) is 126 Å². The first kappa shape index (κ1) is 37.6. The van der Waals surface area contributed by atoms with Crippen molar-refractivity contribution in [3.63, 3.8) is 0 Å². The lowest BCUT2D eigenvalue weighted by Crippen LogP contribution is -2.66. The average molecular weight is 648 g/mol. The van der Waals surface area contributed by atoms with Crippen LogP contribution in [0.3, 0.4) is 0 Å². The minimum atomic E-state index is -0.483. The standard InChI is InChI=1S/C38H69N3O5/c1-24(2)12-10-13-27(35(45)41-21-9-8-19-40-20-11-18-39)33-29-22-31(44)34-36(5)16-15-30(43)25(3)28(36)14-17-37(34,6)38(29,7)23-32(33)46-26(4)42/h24-25,27-34,40,43-44H,8-23,39H2,1-7H3,(H,41,45)/t25-,27-,28?,29?,30+,31+,32-,33-,34?,36-,37-,38-/m0/s1. The van der Waals surface area contributed by atoms with Crippen molar-refractivity contribution in [3.8, 4) is 0 Å². The number of nitrogens with one attached hydrogen (secondary N) is 2. The lowest BCUT2D eigenvalue weighted by Gasteiger charge is -2.69. The van der Waals surface area contributed by atoms with Crippen LogP contribution in [0.25, 0.3) is 0 Å². The van der Waals surface area contributed by atoms with Gasteiger partial charge in [-0.3, -0.25) is 9.59 Å². The fourth-order valence-electron chi connectivity index (χ4n) is 11.6. The van der Waals surface area contributed by atoms with Crippen LogP contribution in [0.4, 0.5) is 0 Å². The number of hydrogen-bond donors (Lipinski definition) is 5. The van der Waals surface area contributed by atoms with Crippen molar-refractivity contribution in [2.45, 2.75) is 144 Å². The van der Waals surface area contributed by atoms with Gasteiger partial charge < -0.3 is 31.3 Å². The first-order chi connectivity index (χ1) is 21.7. The van der Waals surface area contributed by atoms with E-state index in [0.29, 0.717) is 31.3 Å². The highest BCUT2D eigenvalue weighted by molar-refractivity contribution is 5.79. The Morgan fingerprint density at radius 3 is 2.28 bits per heavy atom. The van der Waals surface area contributed by atoms with Crippen molar-refractivity contribution < 1.29 is 24.5 Å². The second-order valence-corrected chi connectivity index (χ2v) is 17.1. The molecule has 0 saturated heterocycles. The van der Waals surface area contributed by atoms with Crippen LogP contribution in [0, 0.1) is 57.7 Å². The number of aliphatic hydroxyl groups excluding tert-OH is 2. The van der Waals surface area contributed by atoms with Gasteiger partial charge in [0.05, 0.1) is 12.2 Å². The monoisotopic (exact) mass is 648 g/mol. The highest BCUT2D eigenvalue weighted by Gasteiger charge is 2.72. The molecule has 0 spiro atoms. The van der Waals surface area contributed by atoms with Gasteiger partial charge in [0, 0.05) is 25.3 Å². The number of fused-ring (bicyclic) bond motifs is 5. The first-order valence-electron chi connectivity index (χ1n) is 18.9. The molecule has 0 radical (unpaired) electrons. The zero-order valence-electron chi connectivity index (χ0n) is 30.3. The number of nitrogens with two attached hydrogens (primary N) is 1. The van der Waals surface area contributed by atoms with Gasteiger partial charge >= 0.3 is 5.97 Å². The summed E-state index contributed by atoms with van der Waals surface area (Å²) in [5, 5.41) is 29.8. The average Bonchev–Trinajstić information content (AvgIpc) is 3.25. The van der Waals surface area contributed by atoms with Crippen molar-refractivity contribution in [1.82, 2.24) is 10.6 Å². The third-order valence-corrected chi connectivity index (χ3v) is 14.0. The van der Waals surface area contributed by atoms with Gasteiger partial charge in [0.25, 0.3) is 0 Å². The van der Waals surface area contributed by atoms with Crippen LogP contribution in [-0.4, -0.2) is 66.6 Å². The Morgan fingerprint density at radius 1 is 0.913 bits per heavy atom. The van der Waals surface area contributed by atoms with Gasteiger partial charge in [-0.15, -0.1) is 0 Å². The normalized spacial score (nSPS) is 40.9. The SMILES string of the molecule is CC(=O)O[C@H]1C[C@@]2(C)C(C[C@@H](O)C3[C@@]4(C)CC[C@@H](O)[C@@H](C)C4CC[C@@]32C)[C@@H]1[C@H](CCCC(C)C)C(=O)NCCCCNCCCN. The molecule has 12 atom stereocenters. The van der Waals surface area contributed by atoms with Gasteiger partial charge in [0.1, 0.15) is 6.10 Å². The number of esters is 1. The molecule has 3 unspecified atom stereocenters. The number of hydrogen-bond acceptors (Lipinski definition) is 7. The quantitative estimate of drug-likeness (QED) is 0.118. The number of amides is 1. The van der Waals surface area contributed by atoms with Crippen molar-refractivity contribution in [2.75, 3.05) is 26.2 Å². The maximum absolute atomic E-state index is 14.2. The Bertz CT molecular complexity index is 1020. The highest BCUT2D eigenvalue weighted by atomic mass is 16.5. The van der Waals surface area contributed by atoms with E-state index in [-0.39, 0.29) is 69.9 Å². The number of ether oxygens (including phenoxy) is 1. The fourth-order valence-corrected chi connectivity index (χ4v) is 11.6. The molecule has 0 aromatic carbocycles. The van der Waals surface area contributed by atoms with E-state index in [1.54, 1.807) is 0 Å². The molecule has 4 rings (SSSR count). The Hall–Kier alpha value is -1.22. The zero-order valence-corrected chi connectivity index (χ0v) is 30.3. The minimum absolute atomic E-state index is 0.0543. The largest absolute Gasteiger partial charge is 0.462 e. The number of unbranched alkanes of at least 4 members (excludes halogenated alkanes) is 1. The lowest BCUT2D eigenvalue weighted by atomic mass is 9.36. The number of carbonyl (C=O) groups excluding carboxylic acids is 2. The molecule has 4 saturated carbocycles. The van der Waals surface area contributed by atoms with Crippen LogP contribution >= 0.6 is 0 Å². The van der Waals surface area contributed by atoms with Crippen molar-refractivity contribution in [3.05, 3.63) is 0 Å². The highest BCUT2D eigenvalue weighted by Crippen LogP contribution is 2.74. The molecule has 0 heterocycles. The molecule has 0 aliphatic heterocycles. The van der Waals surface area contributed by atoms with E-state index >= 15 is 0 Å². The predicted molar refractivity (Wildman–Crippen MR) is 184 cm³/mol. The molecule has 4 aliphatic rings. The smallest absolute Gasteiger partial charge is 0.302 e.